The van der Waals surface area contributed by atoms with Gasteiger partial charge in [0.1, 0.15) is 0 Å². The Labute approximate surface area is 118 Å². The van der Waals surface area contributed by atoms with Crippen LogP contribution in [0.5, 0.6) is 0 Å². The summed E-state index contributed by atoms with van der Waals surface area (Å²) in [6, 6.07) is 8.07. The van der Waals surface area contributed by atoms with E-state index in [1.807, 2.05) is 28.0 Å². The minimum absolute atomic E-state index is 0.0511. The maximum absolute atomic E-state index is 12.3. The van der Waals surface area contributed by atoms with Gasteiger partial charge in [-0.3, -0.25) is 14.5 Å². The van der Waals surface area contributed by atoms with E-state index >= 15 is 0 Å². The van der Waals surface area contributed by atoms with E-state index in [2.05, 4.69) is 11.4 Å². The average molecular weight is 273 g/mol. The van der Waals surface area contributed by atoms with Gasteiger partial charge in [-0.25, -0.2) is 0 Å². The molecule has 0 atom stereocenters. The van der Waals surface area contributed by atoms with Crippen LogP contribution in [-0.4, -0.2) is 49.4 Å². The molecule has 1 fully saturated rings. The lowest BCUT2D eigenvalue weighted by Crippen LogP contribution is -2.48. The molecule has 0 aliphatic carbocycles. The lowest BCUT2D eigenvalue weighted by Gasteiger charge is -2.27. The van der Waals surface area contributed by atoms with E-state index in [1.165, 1.54) is 5.56 Å². The van der Waals surface area contributed by atoms with E-state index in [0.717, 1.165) is 25.2 Å². The molecule has 2 aliphatic heterocycles. The van der Waals surface area contributed by atoms with Gasteiger partial charge in [-0.2, -0.15) is 0 Å². The maximum atomic E-state index is 12.3. The molecule has 1 N–H and O–H groups in total. The summed E-state index contributed by atoms with van der Waals surface area (Å²) in [5.41, 5.74) is 2.30. The number of rotatable bonds is 3. The molecule has 1 aromatic rings. The first-order valence-corrected chi connectivity index (χ1v) is 7.11. The third-order valence-electron chi connectivity index (χ3n) is 3.95. The zero-order valence-electron chi connectivity index (χ0n) is 11.5. The molecule has 0 spiro atoms. The van der Waals surface area contributed by atoms with Crippen molar-refractivity contribution in [3.63, 3.8) is 0 Å². The summed E-state index contributed by atoms with van der Waals surface area (Å²) >= 11 is 0. The molecular weight excluding hydrogens is 254 g/mol. The maximum Gasteiger partial charge on any atom is 0.234 e. The fraction of sp³-hybridized carbons (Fsp3) is 0.467. The van der Waals surface area contributed by atoms with Gasteiger partial charge in [-0.15, -0.1) is 0 Å². The van der Waals surface area contributed by atoms with Crippen molar-refractivity contribution in [2.75, 3.05) is 37.6 Å². The Bertz CT molecular complexity index is 530. The number of nitrogens with zero attached hydrogens (tertiary/aromatic N) is 2. The first-order valence-electron chi connectivity index (χ1n) is 7.11. The number of hydrogen-bond acceptors (Lipinski definition) is 3. The molecule has 0 aromatic heterocycles. The zero-order valence-corrected chi connectivity index (χ0v) is 11.5. The van der Waals surface area contributed by atoms with Crippen molar-refractivity contribution in [3.05, 3.63) is 29.8 Å². The van der Waals surface area contributed by atoms with Gasteiger partial charge in [0.15, 0.2) is 0 Å². The molecular formula is C15H19N3O2. The highest BCUT2D eigenvalue weighted by Gasteiger charge is 2.25. The Hall–Kier alpha value is -1.88. The number of fused-ring (bicyclic) bond motifs is 1. The smallest absolute Gasteiger partial charge is 0.234 e. The van der Waals surface area contributed by atoms with E-state index in [1.54, 1.807) is 0 Å². The highest BCUT2D eigenvalue weighted by Crippen LogP contribution is 2.27. The Kier molecular flexibility index (Phi) is 3.69. The topological polar surface area (TPSA) is 52.7 Å². The summed E-state index contributed by atoms with van der Waals surface area (Å²) in [6.45, 7) is 3.35. The fourth-order valence-corrected chi connectivity index (χ4v) is 2.87. The predicted molar refractivity (Wildman–Crippen MR) is 76.6 cm³/mol. The number of piperazine rings is 1. The summed E-state index contributed by atoms with van der Waals surface area (Å²) in [4.78, 5) is 27.5. The largest absolute Gasteiger partial charge is 0.354 e. The lowest BCUT2D eigenvalue weighted by molar-refractivity contribution is -0.125. The predicted octanol–water partition coefficient (Wildman–Crippen LogP) is 0.398. The quantitative estimate of drug-likeness (QED) is 0.867. The van der Waals surface area contributed by atoms with Gasteiger partial charge in [-0.1, -0.05) is 18.2 Å². The van der Waals surface area contributed by atoms with Gasteiger partial charge in [0.05, 0.1) is 6.54 Å². The minimum atomic E-state index is 0.0511. The number of para-hydroxylation sites is 1. The molecule has 106 valence electrons. The molecule has 3 rings (SSSR count). The third-order valence-corrected chi connectivity index (χ3v) is 3.95. The Morgan fingerprint density at radius 3 is 2.95 bits per heavy atom. The number of carbonyl (C=O) groups excluding carboxylic acids is 2. The molecule has 0 unspecified atom stereocenters. The summed E-state index contributed by atoms with van der Waals surface area (Å²) in [7, 11) is 0. The van der Waals surface area contributed by atoms with Crippen molar-refractivity contribution in [2.45, 2.75) is 12.8 Å². The highest BCUT2D eigenvalue weighted by atomic mass is 16.2. The van der Waals surface area contributed by atoms with Crippen LogP contribution in [0.4, 0.5) is 5.69 Å². The second kappa shape index (κ2) is 5.63. The molecule has 2 heterocycles. The van der Waals surface area contributed by atoms with Gasteiger partial charge < -0.3 is 10.2 Å². The molecule has 1 aromatic carbocycles. The first-order chi connectivity index (χ1) is 9.74. The summed E-state index contributed by atoms with van der Waals surface area (Å²) in [6.07, 6.45) is 1.41. The minimum Gasteiger partial charge on any atom is -0.354 e. The SMILES string of the molecule is O=C1CN(CCC(=O)N2CCc3ccccc32)CCN1. The van der Waals surface area contributed by atoms with Crippen LogP contribution >= 0.6 is 0 Å². The molecule has 1 saturated heterocycles. The van der Waals surface area contributed by atoms with Crippen LogP contribution in [0.25, 0.3) is 0 Å². The van der Waals surface area contributed by atoms with Crippen LogP contribution in [0.2, 0.25) is 0 Å². The molecule has 20 heavy (non-hydrogen) atoms. The lowest BCUT2D eigenvalue weighted by atomic mass is 10.2. The number of carbonyl (C=O) groups is 2. The van der Waals surface area contributed by atoms with Gasteiger partial charge in [0, 0.05) is 38.3 Å². The molecule has 5 heteroatoms. The number of benzene rings is 1. The van der Waals surface area contributed by atoms with Gasteiger partial charge in [0.2, 0.25) is 11.8 Å². The normalized spacial score (nSPS) is 18.8. The van der Waals surface area contributed by atoms with E-state index in [4.69, 9.17) is 0 Å². The Balaban J connectivity index is 1.56. The first kappa shape index (κ1) is 13.1. The molecule has 0 saturated carbocycles. The average Bonchev–Trinajstić information content (AvgIpc) is 2.89. The second-order valence-electron chi connectivity index (χ2n) is 5.30. The molecule has 0 bridgehead atoms. The van der Waals surface area contributed by atoms with Gasteiger partial charge in [0.25, 0.3) is 0 Å². The molecule has 2 amide bonds. The fourth-order valence-electron chi connectivity index (χ4n) is 2.87. The van der Waals surface area contributed by atoms with Crippen molar-refractivity contribution < 1.29 is 9.59 Å². The van der Waals surface area contributed by atoms with Crippen LogP contribution < -0.4 is 10.2 Å². The summed E-state index contributed by atoms with van der Waals surface area (Å²) in [5, 5.41) is 2.79. The molecule has 2 aliphatic rings. The monoisotopic (exact) mass is 273 g/mol. The van der Waals surface area contributed by atoms with E-state index in [0.29, 0.717) is 26.1 Å². The number of amides is 2. The zero-order chi connectivity index (χ0) is 13.9. The Morgan fingerprint density at radius 2 is 2.10 bits per heavy atom. The van der Waals surface area contributed by atoms with Crippen molar-refractivity contribution >= 4 is 17.5 Å². The van der Waals surface area contributed by atoms with E-state index < -0.39 is 0 Å². The van der Waals surface area contributed by atoms with Crippen LogP contribution in [0.1, 0.15) is 12.0 Å². The van der Waals surface area contributed by atoms with Gasteiger partial charge >= 0.3 is 0 Å². The van der Waals surface area contributed by atoms with E-state index in [9.17, 15) is 9.59 Å². The highest BCUT2D eigenvalue weighted by molar-refractivity contribution is 5.95. The van der Waals surface area contributed by atoms with Crippen LogP contribution in [-0.2, 0) is 16.0 Å². The molecule has 0 radical (unpaired) electrons. The van der Waals surface area contributed by atoms with Crippen molar-refractivity contribution in [2.24, 2.45) is 0 Å². The summed E-state index contributed by atoms with van der Waals surface area (Å²) < 4.78 is 0. The number of anilines is 1. The van der Waals surface area contributed by atoms with Crippen molar-refractivity contribution in [1.29, 1.82) is 0 Å². The van der Waals surface area contributed by atoms with E-state index in [-0.39, 0.29) is 11.8 Å². The second-order valence-corrected chi connectivity index (χ2v) is 5.30. The number of hydrogen-bond donors (Lipinski definition) is 1. The Morgan fingerprint density at radius 1 is 1.25 bits per heavy atom. The van der Waals surface area contributed by atoms with Gasteiger partial charge in [-0.05, 0) is 18.1 Å². The summed E-state index contributed by atoms with van der Waals surface area (Å²) in [5.74, 6) is 0.205. The van der Waals surface area contributed by atoms with Crippen LogP contribution in [0.3, 0.4) is 0 Å². The molecule has 5 nitrogen and oxygen atoms in total. The van der Waals surface area contributed by atoms with Crippen molar-refractivity contribution in [3.8, 4) is 0 Å². The van der Waals surface area contributed by atoms with Crippen LogP contribution in [0, 0.1) is 0 Å². The standard InChI is InChI=1S/C15H19N3O2/c19-14-11-17(10-7-16-14)8-6-15(20)18-9-5-12-3-1-2-4-13(12)18/h1-4H,5-11H2,(H,16,19). The van der Waals surface area contributed by atoms with Crippen molar-refractivity contribution in [1.82, 2.24) is 10.2 Å². The third kappa shape index (κ3) is 2.67. The number of nitrogens with one attached hydrogen (secondary N) is 1. The van der Waals surface area contributed by atoms with Crippen LogP contribution in [0.15, 0.2) is 24.3 Å².